The van der Waals surface area contributed by atoms with Crippen LogP contribution in [0.15, 0.2) is 67.0 Å². The molecule has 1 aliphatic rings. The lowest BCUT2D eigenvalue weighted by molar-refractivity contribution is -0.115. The fourth-order valence-corrected chi connectivity index (χ4v) is 4.71. The summed E-state index contributed by atoms with van der Waals surface area (Å²) in [5, 5.41) is -0.240. The second kappa shape index (κ2) is 8.89. The number of anilines is 1. The van der Waals surface area contributed by atoms with Crippen LogP contribution in [-0.2, 0) is 9.53 Å². The molecule has 2 aromatic carbocycles. The highest BCUT2D eigenvalue weighted by molar-refractivity contribution is 8.00. The second-order valence-electron chi connectivity index (χ2n) is 7.31. The lowest BCUT2D eigenvalue weighted by Crippen LogP contribution is -2.28. The van der Waals surface area contributed by atoms with E-state index in [4.69, 9.17) is 4.74 Å². The normalized spacial score (nSPS) is 16.9. The Kier molecular flexibility index (Phi) is 6.04. The highest BCUT2D eigenvalue weighted by Gasteiger charge is 2.35. The van der Waals surface area contributed by atoms with E-state index >= 15 is 0 Å². The average Bonchev–Trinajstić information content (AvgIpc) is 3.16. The molecule has 0 bridgehead atoms. The van der Waals surface area contributed by atoms with Crippen LogP contribution in [0.1, 0.15) is 45.4 Å². The predicted molar refractivity (Wildman–Crippen MR) is 118 cm³/mol. The number of nitrogens with zero attached hydrogens (tertiary/aromatic N) is 2. The van der Waals surface area contributed by atoms with Crippen LogP contribution >= 0.6 is 11.8 Å². The zero-order chi connectivity index (χ0) is 22.0. The molecule has 3 aromatic rings. The fourth-order valence-electron chi connectivity index (χ4n) is 3.54. The van der Waals surface area contributed by atoms with E-state index in [0.29, 0.717) is 11.3 Å². The van der Waals surface area contributed by atoms with Crippen LogP contribution in [0.5, 0.6) is 0 Å². The molecule has 1 fully saturated rings. The fraction of sp³-hybridized carbons (Fsp3) is 0.208. The van der Waals surface area contributed by atoms with Crippen molar-refractivity contribution in [2.45, 2.75) is 25.3 Å². The van der Waals surface area contributed by atoms with Gasteiger partial charge in [-0.3, -0.25) is 14.7 Å². The quantitative estimate of drug-likeness (QED) is 0.513. The molecule has 2 heterocycles. The van der Waals surface area contributed by atoms with Gasteiger partial charge >= 0.3 is 5.97 Å². The van der Waals surface area contributed by atoms with Gasteiger partial charge in [-0.15, -0.1) is 11.8 Å². The Morgan fingerprint density at radius 2 is 1.87 bits per heavy atom. The van der Waals surface area contributed by atoms with Gasteiger partial charge < -0.3 is 4.74 Å². The first-order valence-electron chi connectivity index (χ1n) is 9.84. The molecule has 0 spiro atoms. The maximum Gasteiger partial charge on any atom is 0.338 e. The first kappa shape index (κ1) is 21.1. The molecule has 2 atom stereocenters. The Labute approximate surface area is 184 Å². The number of amides is 1. The van der Waals surface area contributed by atoms with Crippen molar-refractivity contribution in [2.24, 2.45) is 0 Å². The van der Waals surface area contributed by atoms with E-state index in [1.807, 2.05) is 13.8 Å². The summed E-state index contributed by atoms with van der Waals surface area (Å²) in [6, 6.07) is 15.0. The molecule has 31 heavy (non-hydrogen) atoms. The van der Waals surface area contributed by atoms with Crippen LogP contribution < -0.4 is 4.90 Å². The molecule has 2 unspecified atom stereocenters. The minimum absolute atomic E-state index is 0.0240. The highest BCUT2D eigenvalue weighted by Crippen LogP contribution is 2.43. The van der Waals surface area contributed by atoms with Crippen LogP contribution in [0.2, 0.25) is 0 Å². The van der Waals surface area contributed by atoms with Gasteiger partial charge in [-0.25, -0.2) is 9.18 Å². The van der Waals surface area contributed by atoms with E-state index in [-0.39, 0.29) is 17.1 Å². The molecular weight excluding hydrogens is 415 g/mol. The third-order valence-electron chi connectivity index (χ3n) is 5.17. The van der Waals surface area contributed by atoms with Crippen molar-refractivity contribution in [1.82, 2.24) is 4.98 Å². The number of halogens is 1. The monoisotopic (exact) mass is 436 g/mol. The van der Waals surface area contributed by atoms with Gasteiger partial charge in [0.1, 0.15) is 17.3 Å². The Hall–Kier alpha value is -3.19. The van der Waals surface area contributed by atoms with Crippen molar-refractivity contribution in [1.29, 1.82) is 0 Å². The number of esters is 1. The molecule has 5 nitrogen and oxygen atoms in total. The molecule has 158 valence electrons. The average molecular weight is 437 g/mol. The summed E-state index contributed by atoms with van der Waals surface area (Å²) >= 11 is 1.49. The SMILES string of the molecule is Cc1cc(C(=O)OC(C)c2ccncc2)ccc1N1C(=O)CSC1c1ccc(F)cc1. The largest absolute Gasteiger partial charge is 0.454 e. The summed E-state index contributed by atoms with van der Waals surface area (Å²) < 4.78 is 18.9. The van der Waals surface area contributed by atoms with Gasteiger partial charge in [0, 0.05) is 18.1 Å². The number of aryl methyl sites for hydroxylation is 1. The number of carbonyl (C=O) groups is 2. The third kappa shape index (κ3) is 4.46. The molecule has 0 saturated carbocycles. The van der Waals surface area contributed by atoms with Crippen LogP contribution in [0, 0.1) is 12.7 Å². The lowest BCUT2D eigenvalue weighted by Gasteiger charge is -2.26. The maximum absolute atomic E-state index is 13.3. The molecule has 7 heteroatoms. The van der Waals surface area contributed by atoms with E-state index in [1.54, 1.807) is 59.8 Å². The summed E-state index contributed by atoms with van der Waals surface area (Å²) in [5.74, 6) is -0.431. The van der Waals surface area contributed by atoms with Crippen molar-refractivity contribution < 1.29 is 18.7 Å². The Balaban J connectivity index is 1.55. The molecule has 1 aliphatic heterocycles. The molecule has 1 aromatic heterocycles. The molecule has 1 amide bonds. The number of pyridine rings is 1. The van der Waals surface area contributed by atoms with E-state index < -0.39 is 12.1 Å². The summed E-state index contributed by atoms with van der Waals surface area (Å²) in [6.07, 6.45) is 2.90. The number of carbonyl (C=O) groups excluding carboxylic acids is 2. The summed E-state index contributed by atoms with van der Waals surface area (Å²) in [4.78, 5) is 31.0. The number of rotatable bonds is 5. The minimum atomic E-state index is -0.434. The van der Waals surface area contributed by atoms with Gasteiger partial charge in [0.25, 0.3) is 0 Å². The minimum Gasteiger partial charge on any atom is -0.454 e. The number of hydrogen-bond acceptors (Lipinski definition) is 5. The number of ether oxygens (including phenoxy) is 1. The van der Waals surface area contributed by atoms with Crippen LogP contribution in [0.4, 0.5) is 10.1 Å². The van der Waals surface area contributed by atoms with E-state index in [2.05, 4.69) is 4.98 Å². The first-order chi connectivity index (χ1) is 14.9. The zero-order valence-electron chi connectivity index (χ0n) is 17.1. The number of benzene rings is 2. The molecule has 0 radical (unpaired) electrons. The number of hydrogen-bond donors (Lipinski definition) is 0. The van der Waals surface area contributed by atoms with Crippen molar-refractivity contribution >= 4 is 29.3 Å². The van der Waals surface area contributed by atoms with Crippen LogP contribution in [-0.4, -0.2) is 22.6 Å². The summed E-state index contributed by atoms with van der Waals surface area (Å²) in [5.41, 5.74) is 3.64. The van der Waals surface area contributed by atoms with Crippen LogP contribution in [0.25, 0.3) is 0 Å². The maximum atomic E-state index is 13.3. The Morgan fingerprint density at radius 3 is 2.55 bits per heavy atom. The Morgan fingerprint density at radius 1 is 1.16 bits per heavy atom. The standard InChI is InChI=1S/C24H21FN2O3S/c1-15-13-19(24(29)30-16(2)17-9-11-26-12-10-17)5-8-21(15)27-22(28)14-31-23(27)18-3-6-20(25)7-4-18/h3-13,16,23H,14H2,1-2H3. The summed E-state index contributed by atoms with van der Waals surface area (Å²) in [7, 11) is 0. The molecule has 4 rings (SSSR count). The van der Waals surface area contributed by atoms with Gasteiger partial charge in [-0.1, -0.05) is 12.1 Å². The highest BCUT2D eigenvalue weighted by atomic mass is 32.2. The lowest BCUT2D eigenvalue weighted by atomic mass is 10.1. The summed E-state index contributed by atoms with van der Waals surface area (Å²) in [6.45, 7) is 3.66. The predicted octanol–water partition coefficient (Wildman–Crippen LogP) is 5.23. The van der Waals surface area contributed by atoms with Gasteiger partial charge in [-0.05, 0) is 73.0 Å². The van der Waals surface area contributed by atoms with Crippen molar-refractivity contribution in [3.05, 3.63) is 95.1 Å². The Bertz CT molecular complexity index is 1110. The molecular formula is C24H21FN2O3S. The van der Waals surface area contributed by atoms with Crippen molar-refractivity contribution in [3.8, 4) is 0 Å². The van der Waals surface area contributed by atoms with E-state index in [1.165, 1.54) is 23.9 Å². The zero-order valence-corrected chi connectivity index (χ0v) is 17.9. The first-order valence-corrected chi connectivity index (χ1v) is 10.9. The smallest absolute Gasteiger partial charge is 0.338 e. The van der Waals surface area contributed by atoms with E-state index in [9.17, 15) is 14.0 Å². The number of aromatic nitrogens is 1. The third-order valence-corrected chi connectivity index (χ3v) is 6.39. The van der Waals surface area contributed by atoms with Gasteiger partial charge in [-0.2, -0.15) is 0 Å². The van der Waals surface area contributed by atoms with Gasteiger partial charge in [0.2, 0.25) is 5.91 Å². The molecule has 0 N–H and O–H groups in total. The van der Waals surface area contributed by atoms with E-state index in [0.717, 1.165) is 22.4 Å². The van der Waals surface area contributed by atoms with Crippen molar-refractivity contribution in [2.75, 3.05) is 10.7 Å². The van der Waals surface area contributed by atoms with Crippen LogP contribution in [0.3, 0.4) is 0 Å². The van der Waals surface area contributed by atoms with Gasteiger partial charge in [0.15, 0.2) is 0 Å². The second-order valence-corrected chi connectivity index (χ2v) is 8.38. The molecule has 0 aliphatic carbocycles. The number of thioether (sulfide) groups is 1. The topological polar surface area (TPSA) is 59.5 Å². The van der Waals surface area contributed by atoms with Crippen molar-refractivity contribution in [3.63, 3.8) is 0 Å². The van der Waals surface area contributed by atoms with Gasteiger partial charge in [0.05, 0.1) is 11.3 Å². The molecule has 1 saturated heterocycles.